The van der Waals surface area contributed by atoms with Crippen LogP contribution in [0.15, 0.2) is 9.98 Å². The zero-order chi connectivity index (χ0) is 9.42. The second-order valence-corrected chi connectivity index (χ2v) is 5.37. The number of anilines is 1. The number of β-amino-alcohol motifs (C(OH)–C–C–N with tert-alkyl or cyclic N) is 2. The summed E-state index contributed by atoms with van der Waals surface area (Å²) in [5.41, 5.74) is 0. The number of hydrogen-bond donors (Lipinski definition) is 2. The first kappa shape index (κ1) is 9.39. The zero-order valence-corrected chi connectivity index (χ0v) is 9.12. The Morgan fingerprint density at radius 2 is 2.08 bits per heavy atom. The van der Waals surface area contributed by atoms with Crippen LogP contribution in [0, 0.1) is 0 Å². The average Bonchev–Trinajstić information content (AvgIpc) is 2.61. The Morgan fingerprint density at radius 3 is 2.54 bits per heavy atom. The van der Waals surface area contributed by atoms with E-state index in [1.54, 1.807) is 6.20 Å². The minimum absolute atomic E-state index is 0.459. The van der Waals surface area contributed by atoms with Gasteiger partial charge in [-0.25, -0.2) is 4.98 Å². The van der Waals surface area contributed by atoms with Gasteiger partial charge in [0.2, 0.25) is 0 Å². The topological polar surface area (TPSA) is 56.6 Å². The van der Waals surface area contributed by atoms with E-state index in [-0.39, 0.29) is 0 Å². The van der Waals surface area contributed by atoms with Gasteiger partial charge >= 0.3 is 0 Å². The molecular weight excluding hydrogens is 256 g/mol. The van der Waals surface area contributed by atoms with Crippen LogP contribution in [-0.4, -0.2) is 40.5 Å². The van der Waals surface area contributed by atoms with Crippen molar-refractivity contribution in [2.24, 2.45) is 0 Å². The lowest BCUT2D eigenvalue weighted by Crippen LogP contribution is -2.22. The number of aromatic nitrogens is 1. The average molecular weight is 265 g/mol. The third-order valence-electron chi connectivity index (χ3n) is 1.99. The molecule has 1 aliphatic rings. The van der Waals surface area contributed by atoms with Crippen LogP contribution in [0.2, 0.25) is 0 Å². The Kier molecular flexibility index (Phi) is 2.55. The predicted octanol–water partition coefficient (Wildman–Crippen LogP) is 0.447. The third kappa shape index (κ3) is 1.85. The van der Waals surface area contributed by atoms with Crippen molar-refractivity contribution < 1.29 is 10.2 Å². The molecule has 0 aromatic carbocycles. The molecule has 1 saturated heterocycles. The van der Waals surface area contributed by atoms with Crippen LogP contribution < -0.4 is 4.90 Å². The number of nitrogens with zero attached hydrogens (tertiary/aromatic N) is 2. The number of hydrogen-bond acceptors (Lipinski definition) is 5. The molecule has 0 bridgehead atoms. The van der Waals surface area contributed by atoms with E-state index in [0.717, 1.165) is 8.92 Å². The highest BCUT2D eigenvalue weighted by molar-refractivity contribution is 9.11. The molecule has 1 aromatic rings. The summed E-state index contributed by atoms with van der Waals surface area (Å²) in [6.07, 6.45) is 0.419. The Labute approximate surface area is 88.0 Å². The van der Waals surface area contributed by atoms with Gasteiger partial charge in [-0.3, -0.25) is 0 Å². The van der Waals surface area contributed by atoms with Crippen LogP contribution in [0.25, 0.3) is 0 Å². The van der Waals surface area contributed by atoms with E-state index >= 15 is 0 Å². The van der Waals surface area contributed by atoms with Crippen molar-refractivity contribution in [3.05, 3.63) is 9.98 Å². The highest BCUT2D eigenvalue weighted by Crippen LogP contribution is 2.28. The minimum Gasteiger partial charge on any atom is -0.389 e. The van der Waals surface area contributed by atoms with Gasteiger partial charge < -0.3 is 15.1 Å². The molecule has 4 nitrogen and oxygen atoms in total. The first-order valence-corrected chi connectivity index (χ1v) is 5.50. The quantitative estimate of drug-likeness (QED) is 0.774. The van der Waals surface area contributed by atoms with Crippen LogP contribution in [0.5, 0.6) is 0 Å². The van der Waals surface area contributed by atoms with Gasteiger partial charge in [0.15, 0.2) is 5.13 Å². The summed E-state index contributed by atoms with van der Waals surface area (Å²) >= 11 is 4.81. The minimum atomic E-state index is -0.650. The van der Waals surface area contributed by atoms with E-state index in [2.05, 4.69) is 20.9 Å². The maximum Gasteiger partial charge on any atom is 0.186 e. The fraction of sp³-hybridized carbons (Fsp3) is 0.571. The van der Waals surface area contributed by atoms with E-state index in [0.29, 0.717) is 13.1 Å². The third-order valence-corrected chi connectivity index (χ3v) is 3.53. The standard InChI is InChI=1S/C7H9BrN2O2S/c8-6-1-9-7(13-6)10-2-4(11)5(12)3-10/h1,4-5,11-12H,2-3H2/t4-,5+. The number of aliphatic hydroxyl groups is 2. The first-order valence-electron chi connectivity index (χ1n) is 3.89. The van der Waals surface area contributed by atoms with Gasteiger partial charge in [-0.05, 0) is 15.9 Å². The Morgan fingerprint density at radius 1 is 1.46 bits per heavy atom. The summed E-state index contributed by atoms with van der Waals surface area (Å²) in [4.78, 5) is 6.02. The van der Waals surface area contributed by atoms with E-state index in [1.807, 2.05) is 4.90 Å². The molecule has 1 aliphatic heterocycles. The predicted molar refractivity (Wildman–Crippen MR) is 54.0 cm³/mol. The molecular formula is C7H9BrN2O2S. The van der Waals surface area contributed by atoms with Crippen molar-refractivity contribution in [2.45, 2.75) is 12.2 Å². The SMILES string of the molecule is O[C@@H]1CN(c2ncc(Br)s2)C[C@@H]1O. The first-order chi connectivity index (χ1) is 6.16. The largest absolute Gasteiger partial charge is 0.389 e. The zero-order valence-electron chi connectivity index (χ0n) is 6.72. The van der Waals surface area contributed by atoms with Crippen molar-refractivity contribution in [3.8, 4) is 0 Å². The lowest BCUT2D eigenvalue weighted by Gasteiger charge is -2.12. The number of halogens is 1. The molecule has 2 heterocycles. The fourth-order valence-electron chi connectivity index (χ4n) is 1.32. The van der Waals surface area contributed by atoms with Crippen LogP contribution >= 0.6 is 27.3 Å². The molecule has 2 N–H and O–H groups in total. The van der Waals surface area contributed by atoms with Crippen molar-refractivity contribution in [1.82, 2.24) is 4.98 Å². The van der Waals surface area contributed by atoms with Crippen molar-refractivity contribution in [3.63, 3.8) is 0 Å². The van der Waals surface area contributed by atoms with E-state index in [9.17, 15) is 10.2 Å². The smallest absolute Gasteiger partial charge is 0.186 e. The van der Waals surface area contributed by atoms with Gasteiger partial charge in [0.1, 0.15) is 0 Å². The lowest BCUT2D eigenvalue weighted by molar-refractivity contribution is 0.0572. The second-order valence-electron chi connectivity index (χ2n) is 2.99. The molecule has 1 fully saturated rings. The maximum absolute atomic E-state index is 9.31. The Bertz CT molecular complexity index is 296. The van der Waals surface area contributed by atoms with Crippen molar-refractivity contribution >= 4 is 32.4 Å². The van der Waals surface area contributed by atoms with Gasteiger partial charge in [0.25, 0.3) is 0 Å². The van der Waals surface area contributed by atoms with Crippen LogP contribution in [-0.2, 0) is 0 Å². The van der Waals surface area contributed by atoms with Crippen molar-refractivity contribution in [1.29, 1.82) is 0 Å². The van der Waals surface area contributed by atoms with E-state index in [1.165, 1.54) is 11.3 Å². The van der Waals surface area contributed by atoms with E-state index in [4.69, 9.17) is 0 Å². The molecule has 6 heteroatoms. The summed E-state index contributed by atoms with van der Waals surface area (Å²) in [5, 5.41) is 19.5. The van der Waals surface area contributed by atoms with Gasteiger partial charge in [-0.15, -0.1) is 0 Å². The Balaban J connectivity index is 2.11. The number of rotatable bonds is 1. The summed E-state index contributed by atoms with van der Waals surface area (Å²) in [7, 11) is 0. The number of thiazole rings is 1. The van der Waals surface area contributed by atoms with Gasteiger partial charge in [-0.1, -0.05) is 11.3 Å². The highest BCUT2D eigenvalue weighted by atomic mass is 79.9. The van der Waals surface area contributed by atoms with Crippen LogP contribution in [0.4, 0.5) is 5.13 Å². The summed E-state index contributed by atoms with van der Waals surface area (Å²) < 4.78 is 0.957. The monoisotopic (exact) mass is 264 g/mol. The lowest BCUT2D eigenvalue weighted by atomic mass is 10.3. The molecule has 0 radical (unpaired) electrons. The molecule has 1 aromatic heterocycles. The molecule has 0 unspecified atom stereocenters. The second kappa shape index (κ2) is 3.53. The Hall–Kier alpha value is -0.170. The van der Waals surface area contributed by atoms with Gasteiger partial charge in [0, 0.05) is 13.1 Å². The summed E-state index contributed by atoms with van der Waals surface area (Å²) in [5.74, 6) is 0. The van der Waals surface area contributed by atoms with Crippen LogP contribution in [0.1, 0.15) is 0 Å². The van der Waals surface area contributed by atoms with Crippen molar-refractivity contribution in [2.75, 3.05) is 18.0 Å². The van der Waals surface area contributed by atoms with Crippen LogP contribution in [0.3, 0.4) is 0 Å². The highest BCUT2D eigenvalue weighted by Gasteiger charge is 2.30. The summed E-state index contributed by atoms with van der Waals surface area (Å²) in [6, 6.07) is 0. The van der Waals surface area contributed by atoms with E-state index < -0.39 is 12.2 Å². The molecule has 0 amide bonds. The molecule has 0 spiro atoms. The maximum atomic E-state index is 9.31. The molecule has 0 saturated carbocycles. The molecule has 0 aliphatic carbocycles. The molecule has 72 valence electrons. The summed E-state index contributed by atoms with van der Waals surface area (Å²) in [6.45, 7) is 0.919. The molecule has 13 heavy (non-hydrogen) atoms. The van der Waals surface area contributed by atoms with Gasteiger partial charge in [-0.2, -0.15) is 0 Å². The fourth-order valence-corrected chi connectivity index (χ4v) is 2.52. The molecule has 2 rings (SSSR count). The molecule has 2 atom stereocenters. The number of aliphatic hydroxyl groups excluding tert-OH is 2. The van der Waals surface area contributed by atoms with Gasteiger partial charge in [0.05, 0.1) is 22.2 Å². The normalized spacial score (nSPS) is 28.4.